The first kappa shape index (κ1) is 15.2. The molecule has 0 spiro atoms. The Balaban J connectivity index is 0.00000196. The van der Waals surface area contributed by atoms with Gasteiger partial charge >= 0.3 is 51.4 Å². The second-order valence-electron chi connectivity index (χ2n) is 2.51. The fraction of sp³-hybridized carbons (Fsp3) is 0.125. The zero-order valence-electron chi connectivity index (χ0n) is 8.14. The maximum absolute atomic E-state index is 11.3. The molecule has 0 aliphatic rings. The molecule has 1 aromatic rings. The van der Waals surface area contributed by atoms with Gasteiger partial charge in [-0.15, -0.1) is 0 Å². The predicted molar refractivity (Wildman–Crippen MR) is 46.6 cm³/mol. The van der Waals surface area contributed by atoms with Crippen LogP contribution in [0.25, 0.3) is 0 Å². The summed E-state index contributed by atoms with van der Waals surface area (Å²) in [6.45, 7) is -0.725. The summed E-state index contributed by atoms with van der Waals surface area (Å²) in [5, 5.41) is 10.0. The first-order valence-electron chi connectivity index (χ1n) is 3.77. The zero-order valence-corrected chi connectivity index (χ0v) is 12.1. The molecule has 0 aromatic heterocycles. The van der Waals surface area contributed by atoms with Crippen LogP contribution in [0.2, 0.25) is 0 Å². The molecule has 0 unspecified atom stereocenters. The largest absolute Gasteiger partial charge is 1.00 e. The van der Waals surface area contributed by atoms with Crippen molar-refractivity contribution in [2.24, 2.45) is 0 Å². The third-order valence-corrected chi connectivity index (χ3v) is 2.88. The van der Waals surface area contributed by atoms with Crippen LogP contribution in [-0.4, -0.2) is 20.9 Å². The van der Waals surface area contributed by atoms with Gasteiger partial charge in [-0.05, 0) is 12.1 Å². The SMILES string of the molecule is O=C([O-])CNS(=O)(=O)c1ccccc1.[K+]. The van der Waals surface area contributed by atoms with Crippen LogP contribution >= 0.6 is 0 Å². The minimum Gasteiger partial charge on any atom is -0.549 e. The number of hydrogen-bond donors (Lipinski definition) is 1. The molecule has 0 bridgehead atoms. The summed E-state index contributed by atoms with van der Waals surface area (Å²) in [5.41, 5.74) is 0. The maximum Gasteiger partial charge on any atom is 1.00 e. The molecule has 0 saturated heterocycles. The van der Waals surface area contributed by atoms with E-state index in [1.165, 1.54) is 12.1 Å². The minimum atomic E-state index is -3.73. The number of nitrogens with one attached hydrogen (secondary N) is 1. The van der Waals surface area contributed by atoms with Crippen LogP contribution in [0.5, 0.6) is 0 Å². The van der Waals surface area contributed by atoms with Gasteiger partial charge in [0.1, 0.15) is 0 Å². The van der Waals surface area contributed by atoms with Gasteiger partial charge in [-0.2, -0.15) is 0 Å². The van der Waals surface area contributed by atoms with E-state index in [-0.39, 0.29) is 56.3 Å². The van der Waals surface area contributed by atoms with E-state index in [0.717, 1.165) is 0 Å². The molecule has 7 heteroatoms. The normalized spacial score (nSPS) is 10.4. The zero-order chi connectivity index (χ0) is 10.6. The van der Waals surface area contributed by atoms with Crippen LogP contribution < -0.4 is 61.2 Å². The number of carbonyl (C=O) groups excluding carboxylic acids is 1. The molecule has 0 amide bonds. The van der Waals surface area contributed by atoms with E-state index in [0.29, 0.717) is 0 Å². The average molecular weight is 253 g/mol. The summed E-state index contributed by atoms with van der Waals surface area (Å²) in [7, 11) is -3.73. The van der Waals surface area contributed by atoms with Gasteiger partial charge in [-0.3, -0.25) is 0 Å². The maximum atomic E-state index is 11.3. The second-order valence-corrected chi connectivity index (χ2v) is 4.28. The van der Waals surface area contributed by atoms with Crippen molar-refractivity contribution < 1.29 is 69.7 Å². The molecule has 76 valence electrons. The van der Waals surface area contributed by atoms with Crippen molar-refractivity contribution in [2.45, 2.75) is 4.90 Å². The van der Waals surface area contributed by atoms with Crippen molar-refractivity contribution >= 4 is 16.0 Å². The van der Waals surface area contributed by atoms with Gasteiger partial charge in [-0.25, -0.2) is 13.1 Å². The topological polar surface area (TPSA) is 86.3 Å². The standard InChI is InChI=1S/C8H9NO4S.K/c10-8(11)6-9-14(12,13)7-4-2-1-3-5-7;/h1-5,9H,6H2,(H,10,11);/q;+1/p-1. The van der Waals surface area contributed by atoms with E-state index in [9.17, 15) is 18.3 Å². The molecule has 0 aliphatic heterocycles. The Morgan fingerprint density at radius 1 is 1.27 bits per heavy atom. The van der Waals surface area contributed by atoms with Gasteiger partial charge in [0.05, 0.1) is 17.4 Å². The van der Waals surface area contributed by atoms with E-state index in [4.69, 9.17) is 0 Å². The number of hydrogen-bond acceptors (Lipinski definition) is 4. The van der Waals surface area contributed by atoms with Gasteiger partial charge in [0.15, 0.2) is 0 Å². The molecule has 0 fully saturated rings. The van der Waals surface area contributed by atoms with Gasteiger partial charge < -0.3 is 9.90 Å². The number of carbonyl (C=O) groups is 1. The van der Waals surface area contributed by atoms with Crippen molar-refractivity contribution in [1.29, 1.82) is 0 Å². The van der Waals surface area contributed by atoms with Crippen LogP contribution in [0, 0.1) is 0 Å². The summed E-state index contributed by atoms with van der Waals surface area (Å²) in [6, 6.07) is 7.51. The molecular weight excluding hydrogens is 245 g/mol. The monoisotopic (exact) mass is 253 g/mol. The minimum absolute atomic E-state index is 0. The molecule has 0 aliphatic carbocycles. The fourth-order valence-electron chi connectivity index (χ4n) is 0.837. The van der Waals surface area contributed by atoms with Gasteiger partial charge in [0.2, 0.25) is 10.0 Å². The van der Waals surface area contributed by atoms with Crippen molar-refractivity contribution in [2.75, 3.05) is 6.54 Å². The first-order valence-corrected chi connectivity index (χ1v) is 5.25. The summed E-state index contributed by atoms with van der Waals surface area (Å²) in [4.78, 5) is 10.1. The van der Waals surface area contributed by atoms with E-state index in [2.05, 4.69) is 0 Å². The van der Waals surface area contributed by atoms with Gasteiger partial charge in [0.25, 0.3) is 0 Å². The summed E-state index contributed by atoms with van der Waals surface area (Å²) in [6.07, 6.45) is 0. The quantitative estimate of drug-likeness (QED) is 0.550. The molecule has 0 radical (unpaired) electrons. The third-order valence-electron chi connectivity index (χ3n) is 1.46. The molecule has 0 saturated carbocycles. The Kier molecular flexibility index (Phi) is 6.85. The Hall–Kier alpha value is 0.236. The number of carboxylic acids is 1. The smallest absolute Gasteiger partial charge is 0.549 e. The Morgan fingerprint density at radius 3 is 2.27 bits per heavy atom. The van der Waals surface area contributed by atoms with Crippen molar-refractivity contribution in [3.05, 3.63) is 30.3 Å². The van der Waals surface area contributed by atoms with E-state index in [1.54, 1.807) is 18.2 Å². The number of sulfonamides is 1. The average Bonchev–Trinajstić information content (AvgIpc) is 2.16. The van der Waals surface area contributed by atoms with Gasteiger partial charge in [0, 0.05) is 0 Å². The van der Waals surface area contributed by atoms with E-state index in [1.807, 2.05) is 4.72 Å². The van der Waals surface area contributed by atoms with Crippen molar-refractivity contribution in [1.82, 2.24) is 4.72 Å². The molecule has 1 aromatic carbocycles. The summed E-state index contributed by atoms with van der Waals surface area (Å²) >= 11 is 0. The molecule has 1 N–H and O–H groups in total. The van der Waals surface area contributed by atoms with Crippen LogP contribution in [0.1, 0.15) is 0 Å². The van der Waals surface area contributed by atoms with Crippen LogP contribution in [0.15, 0.2) is 35.2 Å². The first-order chi connectivity index (χ1) is 6.52. The fourth-order valence-corrected chi connectivity index (χ4v) is 1.83. The van der Waals surface area contributed by atoms with E-state index >= 15 is 0 Å². The molecule has 15 heavy (non-hydrogen) atoms. The van der Waals surface area contributed by atoms with Gasteiger partial charge in [-0.1, -0.05) is 18.2 Å². The molecule has 5 nitrogen and oxygen atoms in total. The van der Waals surface area contributed by atoms with Crippen LogP contribution in [0.4, 0.5) is 0 Å². The Morgan fingerprint density at radius 2 is 1.80 bits per heavy atom. The van der Waals surface area contributed by atoms with E-state index < -0.39 is 22.5 Å². The van der Waals surface area contributed by atoms with Crippen molar-refractivity contribution in [3.63, 3.8) is 0 Å². The van der Waals surface area contributed by atoms with Crippen molar-refractivity contribution in [3.8, 4) is 0 Å². The Labute approximate surface area is 130 Å². The number of benzene rings is 1. The molecule has 1 rings (SSSR count). The van der Waals surface area contributed by atoms with Crippen LogP contribution in [0.3, 0.4) is 0 Å². The third kappa shape index (κ3) is 5.21. The Bertz CT molecular complexity index is 418. The predicted octanol–water partition coefficient (Wildman–Crippen LogP) is -4.28. The number of carboxylic acid groups (broad SMARTS) is 1. The second kappa shape index (κ2) is 6.74. The summed E-state index contributed by atoms with van der Waals surface area (Å²) in [5.74, 6) is -1.47. The number of aliphatic carboxylic acids is 1. The number of rotatable bonds is 4. The molecule has 0 heterocycles. The summed E-state index contributed by atoms with van der Waals surface area (Å²) < 4.78 is 24.6. The van der Waals surface area contributed by atoms with Crippen LogP contribution in [-0.2, 0) is 14.8 Å². The molecular formula is C8H8KNO4S. The molecule has 0 atom stereocenters.